The molecule has 2 aromatic heterocycles. The molecule has 3 rings (SSSR count). The van der Waals surface area contributed by atoms with Crippen molar-refractivity contribution in [3.63, 3.8) is 0 Å². The second kappa shape index (κ2) is 6.00. The Morgan fingerprint density at radius 2 is 1.95 bits per heavy atom. The van der Waals surface area contributed by atoms with Gasteiger partial charge in [-0.15, -0.1) is 0 Å². The molecule has 0 spiro atoms. The summed E-state index contributed by atoms with van der Waals surface area (Å²) in [6.45, 7) is 4.32. The van der Waals surface area contributed by atoms with Crippen molar-refractivity contribution >= 4 is 35.8 Å². The van der Waals surface area contributed by atoms with E-state index in [1.165, 1.54) is 12.5 Å². The summed E-state index contributed by atoms with van der Waals surface area (Å²) >= 11 is 0. The maximum Gasteiger partial charge on any atom is 0.151 e. The van der Waals surface area contributed by atoms with Gasteiger partial charge in [-0.1, -0.05) is 7.92 Å². The minimum Gasteiger partial charge on any atom is -0.338 e. The highest BCUT2D eigenvalue weighted by Gasteiger charge is 2.14. The number of hydrogen-bond donors (Lipinski definition) is 1. The van der Waals surface area contributed by atoms with E-state index < -0.39 is 7.92 Å². The zero-order chi connectivity index (χ0) is 15.5. The van der Waals surface area contributed by atoms with Crippen LogP contribution in [0.5, 0.6) is 0 Å². The number of benzene rings is 1. The van der Waals surface area contributed by atoms with E-state index in [1.54, 1.807) is 12.4 Å². The average Bonchev–Trinajstić information content (AvgIpc) is 2.54. The van der Waals surface area contributed by atoms with Crippen molar-refractivity contribution < 1.29 is 0 Å². The summed E-state index contributed by atoms with van der Waals surface area (Å²) in [6.07, 6.45) is 6.30. The Balaban J connectivity index is 2.15. The Bertz CT molecular complexity index is 871. The molecule has 0 amide bonds. The molecule has 108 valence electrons. The summed E-state index contributed by atoms with van der Waals surface area (Å²) in [5.41, 5.74) is 3.06. The lowest BCUT2D eigenvalue weighted by atomic mass is 10.2. The Kier molecular flexibility index (Phi) is 3.90. The highest BCUT2D eigenvalue weighted by Crippen LogP contribution is 2.33. The van der Waals surface area contributed by atoms with E-state index in [0.29, 0.717) is 11.4 Å². The van der Waals surface area contributed by atoms with Gasteiger partial charge >= 0.3 is 0 Å². The molecule has 0 atom stereocenters. The predicted octanol–water partition coefficient (Wildman–Crippen LogP) is 2.40. The lowest BCUT2D eigenvalue weighted by molar-refractivity contribution is 1.15. The summed E-state index contributed by atoms with van der Waals surface area (Å²) in [5.74, 6) is 0.499. The molecule has 2 heterocycles. The van der Waals surface area contributed by atoms with Crippen LogP contribution in [0.2, 0.25) is 0 Å². The molecule has 0 saturated heterocycles. The Hall–Kier alpha value is -2.64. The minimum absolute atomic E-state index is 0.407. The van der Waals surface area contributed by atoms with Crippen molar-refractivity contribution in [1.82, 2.24) is 19.9 Å². The zero-order valence-corrected chi connectivity index (χ0v) is 13.0. The molecule has 0 aliphatic heterocycles. The topological polar surface area (TPSA) is 87.4 Å². The summed E-state index contributed by atoms with van der Waals surface area (Å²) in [5, 5.41) is 13.5. The molecular formula is C15H13N6P. The van der Waals surface area contributed by atoms with Crippen LogP contribution in [0, 0.1) is 11.3 Å². The molecule has 0 aliphatic rings. The molecule has 0 aliphatic carbocycles. The van der Waals surface area contributed by atoms with Gasteiger partial charge in [0.05, 0.1) is 17.2 Å². The maximum atomic E-state index is 9.16. The van der Waals surface area contributed by atoms with Gasteiger partial charge in [-0.05, 0) is 25.5 Å². The summed E-state index contributed by atoms with van der Waals surface area (Å²) in [7, 11) is -0.418. The number of fused-ring (bicyclic) bond motifs is 1. The van der Waals surface area contributed by atoms with Crippen molar-refractivity contribution in [2.45, 2.75) is 0 Å². The van der Waals surface area contributed by atoms with Crippen LogP contribution in [0.4, 0.5) is 11.5 Å². The van der Waals surface area contributed by atoms with Crippen LogP contribution in [0.1, 0.15) is 5.56 Å². The molecule has 3 aromatic rings. The van der Waals surface area contributed by atoms with Gasteiger partial charge in [0.15, 0.2) is 5.82 Å². The van der Waals surface area contributed by atoms with Crippen LogP contribution in [0.15, 0.2) is 37.1 Å². The maximum absolute atomic E-state index is 9.16. The molecule has 22 heavy (non-hydrogen) atoms. The van der Waals surface area contributed by atoms with Crippen molar-refractivity contribution in [1.29, 1.82) is 5.26 Å². The zero-order valence-electron chi connectivity index (χ0n) is 12.1. The van der Waals surface area contributed by atoms with Gasteiger partial charge in [-0.2, -0.15) is 5.26 Å². The fourth-order valence-corrected chi connectivity index (χ4v) is 3.42. The number of anilines is 2. The predicted molar refractivity (Wildman–Crippen MR) is 88.0 cm³/mol. The lowest BCUT2D eigenvalue weighted by Gasteiger charge is -2.16. The Labute approximate surface area is 129 Å². The van der Waals surface area contributed by atoms with Crippen LogP contribution < -0.4 is 10.6 Å². The first-order valence-electron chi connectivity index (χ1n) is 6.59. The van der Waals surface area contributed by atoms with Gasteiger partial charge in [0.2, 0.25) is 0 Å². The van der Waals surface area contributed by atoms with Gasteiger partial charge in [0, 0.05) is 23.4 Å². The van der Waals surface area contributed by atoms with Crippen molar-refractivity contribution in [2.24, 2.45) is 0 Å². The molecule has 0 unspecified atom stereocenters. The SMILES string of the molecule is CP(C)c1c(Nc2ncncc2C#N)ccc2nccnc12. The first kappa shape index (κ1) is 14.3. The van der Waals surface area contributed by atoms with E-state index in [4.69, 9.17) is 5.26 Å². The van der Waals surface area contributed by atoms with Crippen molar-refractivity contribution in [3.8, 4) is 6.07 Å². The minimum atomic E-state index is -0.418. The van der Waals surface area contributed by atoms with E-state index in [-0.39, 0.29) is 0 Å². The van der Waals surface area contributed by atoms with Gasteiger partial charge in [-0.3, -0.25) is 9.97 Å². The highest BCUT2D eigenvalue weighted by molar-refractivity contribution is 7.65. The number of nitrogens with zero attached hydrogens (tertiary/aromatic N) is 5. The first-order chi connectivity index (χ1) is 10.7. The molecule has 1 N–H and O–H groups in total. The number of nitriles is 1. The second-order valence-corrected chi connectivity index (χ2v) is 7.04. The monoisotopic (exact) mass is 308 g/mol. The van der Waals surface area contributed by atoms with E-state index in [9.17, 15) is 0 Å². The fraction of sp³-hybridized carbons (Fsp3) is 0.133. The van der Waals surface area contributed by atoms with E-state index in [2.05, 4.69) is 44.7 Å². The van der Waals surface area contributed by atoms with Crippen LogP contribution in [-0.4, -0.2) is 33.3 Å². The van der Waals surface area contributed by atoms with Crippen LogP contribution in [0.3, 0.4) is 0 Å². The average molecular weight is 308 g/mol. The third-order valence-corrected chi connectivity index (χ3v) is 4.49. The fourth-order valence-electron chi connectivity index (χ4n) is 2.21. The van der Waals surface area contributed by atoms with Crippen LogP contribution in [-0.2, 0) is 0 Å². The van der Waals surface area contributed by atoms with Gasteiger partial charge in [0.25, 0.3) is 0 Å². The van der Waals surface area contributed by atoms with E-state index >= 15 is 0 Å². The number of nitrogens with one attached hydrogen (secondary N) is 1. The summed E-state index contributed by atoms with van der Waals surface area (Å²) in [6, 6.07) is 5.96. The Morgan fingerprint density at radius 3 is 2.73 bits per heavy atom. The van der Waals surface area contributed by atoms with Crippen LogP contribution >= 0.6 is 7.92 Å². The highest BCUT2D eigenvalue weighted by atomic mass is 31.1. The molecule has 0 saturated carbocycles. The Morgan fingerprint density at radius 1 is 1.14 bits per heavy atom. The molecule has 6 nitrogen and oxygen atoms in total. The molecular weight excluding hydrogens is 295 g/mol. The smallest absolute Gasteiger partial charge is 0.151 e. The summed E-state index contributed by atoms with van der Waals surface area (Å²) in [4.78, 5) is 16.8. The standard InChI is InChI=1S/C15H13N6P/c1-22(2)14-12(4-3-11-13(14)19-6-5-18-11)21-15-10(7-16)8-17-9-20-15/h3-6,8-9H,1-2H3,(H,17,20,21). The molecule has 7 heteroatoms. The summed E-state index contributed by atoms with van der Waals surface area (Å²) < 4.78 is 0. The van der Waals surface area contributed by atoms with Gasteiger partial charge in [0.1, 0.15) is 18.0 Å². The van der Waals surface area contributed by atoms with Crippen molar-refractivity contribution in [2.75, 3.05) is 18.6 Å². The molecule has 0 radical (unpaired) electrons. The van der Waals surface area contributed by atoms with Crippen LogP contribution in [0.25, 0.3) is 11.0 Å². The van der Waals surface area contributed by atoms with E-state index in [1.807, 2.05) is 12.1 Å². The third kappa shape index (κ3) is 2.59. The van der Waals surface area contributed by atoms with Gasteiger partial charge < -0.3 is 5.32 Å². The molecule has 0 bridgehead atoms. The molecule has 0 fully saturated rings. The second-order valence-electron chi connectivity index (χ2n) is 4.80. The lowest BCUT2D eigenvalue weighted by Crippen LogP contribution is -2.11. The van der Waals surface area contributed by atoms with Crippen molar-refractivity contribution in [3.05, 3.63) is 42.6 Å². The molecule has 1 aromatic carbocycles. The quantitative estimate of drug-likeness (QED) is 0.748. The number of aromatic nitrogens is 4. The first-order valence-corrected chi connectivity index (χ1v) is 8.82. The number of hydrogen-bond acceptors (Lipinski definition) is 6. The normalized spacial score (nSPS) is 10.6. The largest absolute Gasteiger partial charge is 0.338 e. The number of rotatable bonds is 3. The van der Waals surface area contributed by atoms with Gasteiger partial charge in [-0.25, -0.2) is 9.97 Å². The van der Waals surface area contributed by atoms with E-state index in [0.717, 1.165) is 22.0 Å². The third-order valence-electron chi connectivity index (χ3n) is 3.15.